The number of aryl methyl sites for hydroxylation is 1. The van der Waals surface area contributed by atoms with Crippen molar-refractivity contribution >= 4 is 5.91 Å². The summed E-state index contributed by atoms with van der Waals surface area (Å²) in [7, 11) is 0. The minimum atomic E-state index is 0. The van der Waals surface area contributed by atoms with Crippen molar-refractivity contribution in [2.75, 3.05) is 6.54 Å². The topological polar surface area (TPSA) is 54.9 Å². The van der Waals surface area contributed by atoms with Crippen LogP contribution in [0, 0.1) is 6.92 Å². The van der Waals surface area contributed by atoms with Gasteiger partial charge < -0.3 is 5.32 Å². The average molecular weight is 213 g/mol. The predicted octanol–water partition coefficient (Wildman–Crippen LogP) is 2.20. The summed E-state index contributed by atoms with van der Waals surface area (Å²) in [5.74, 6) is 0.861. The van der Waals surface area contributed by atoms with E-state index in [2.05, 4.69) is 15.3 Å². The van der Waals surface area contributed by atoms with Gasteiger partial charge in [-0.2, -0.15) is 0 Å². The molecule has 0 fully saturated rings. The number of amides is 1. The molecule has 0 aliphatic rings. The molecule has 0 bridgehead atoms. The lowest BCUT2D eigenvalue weighted by atomic mass is 10.6. The second-order valence-electron chi connectivity index (χ2n) is 2.38. The molecule has 1 rings (SSSR count). The molecule has 0 aliphatic carbocycles. The number of rotatable bonds is 1. The Bertz CT molecular complexity index is 237. The van der Waals surface area contributed by atoms with E-state index in [0.29, 0.717) is 0 Å². The summed E-state index contributed by atoms with van der Waals surface area (Å²) in [5.41, 5.74) is 0. The van der Waals surface area contributed by atoms with Gasteiger partial charge in [-0.3, -0.25) is 4.79 Å². The Balaban J connectivity index is -0.000000172. The average Bonchev–Trinajstić information content (AvgIpc) is 2.06. The molecule has 0 radical (unpaired) electrons. The molecule has 0 aliphatic heterocycles. The molecule has 0 saturated heterocycles. The lowest BCUT2D eigenvalue weighted by molar-refractivity contribution is -0.118. The van der Waals surface area contributed by atoms with E-state index in [-0.39, 0.29) is 20.8 Å². The van der Waals surface area contributed by atoms with E-state index in [1.807, 2.05) is 13.8 Å². The first-order valence-electron chi connectivity index (χ1n) is 4.15. The highest BCUT2D eigenvalue weighted by Gasteiger charge is 1.79. The molecule has 1 heterocycles. The molecule has 0 spiro atoms. The van der Waals surface area contributed by atoms with Crippen LogP contribution in [0.5, 0.6) is 0 Å². The Kier molecular flexibility index (Phi) is 16.0. The van der Waals surface area contributed by atoms with Crippen molar-refractivity contribution in [3.8, 4) is 0 Å². The third-order valence-electron chi connectivity index (χ3n) is 1.12. The van der Waals surface area contributed by atoms with Gasteiger partial charge in [-0.05, 0) is 19.9 Å². The van der Waals surface area contributed by atoms with Gasteiger partial charge in [-0.15, -0.1) is 0 Å². The van der Waals surface area contributed by atoms with E-state index in [4.69, 9.17) is 0 Å². The second kappa shape index (κ2) is 12.6. The summed E-state index contributed by atoms with van der Waals surface area (Å²) in [5, 5.41) is 2.57. The second-order valence-corrected chi connectivity index (χ2v) is 2.38. The van der Waals surface area contributed by atoms with E-state index in [1.54, 1.807) is 18.5 Å². The maximum atomic E-state index is 9.93. The molecular formula is C11H23N3O. The third-order valence-corrected chi connectivity index (χ3v) is 1.12. The van der Waals surface area contributed by atoms with Gasteiger partial charge in [0, 0.05) is 25.9 Å². The number of nitrogens with one attached hydrogen (secondary N) is 1. The first-order valence-corrected chi connectivity index (χ1v) is 4.15. The van der Waals surface area contributed by atoms with Crippen molar-refractivity contribution in [2.24, 2.45) is 0 Å². The van der Waals surface area contributed by atoms with Crippen LogP contribution in [-0.2, 0) is 4.79 Å². The van der Waals surface area contributed by atoms with Crippen LogP contribution in [0.25, 0.3) is 0 Å². The Morgan fingerprint density at radius 1 is 1.33 bits per heavy atom. The Labute approximate surface area is 93.2 Å². The Morgan fingerprint density at radius 2 is 1.80 bits per heavy atom. The summed E-state index contributed by atoms with van der Waals surface area (Å²) >= 11 is 0. The van der Waals surface area contributed by atoms with Gasteiger partial charge in [0.05, 0.1) is 0 Å². The molecule has 1 amide bonds. The highest BCUT2D eigenvalue weighted by Crippen LogP contribution is 1.78. The van der Waals surface area contributed by atoms with Gasteiger partial charge in [0.1, 0.15) is 5.82 Å². The van der Waals surface area contributed by atoms with E-state index in [1.165, 1.54) is 6.92 Å². The number of carbonyl (C=O) groups excluding carboxylic acids is 1. The van der Waals surface area contributed by atoms with E-state index in [0.717, 1.165) is 12.4 Å². The molecular weight excluding hydrogens is 190 g/mol. The van der Waals surface area contributed by atoms with E-state index < -0.39 is 0 Å². The molecule has 1 aromatic heterocycles. The number of carbonyl (C=O) groups is 1. The maximum Gasteiger partial charge on any atom is 0.216 e. The molecule has 4 heteroatoms. The van der Waals surface area contributed by atoms with Crippen molar-refractivity contribution in [3.63, 3.8) is 0 Å². The monoisotopic (exact) mass is 213 g/mol. The fraction of sp³-hybridized carbons (Fsp3) is 0.545. The largest absolute Gasteiger partial charge is 0.357 e. The number of nitrogens with zero attached hydrogens (tertiary/aromatic N) is 2. The molecule has 0 unspecified atom stereocenters. The van der Waals surface area contributed by atoms with Crippen molar-refractivity contribution < 1.29 is 4.79 Å². The van der Waals surface area contributed by atoms with Gasteiger partial charge in [0.15, 0.2) is 0 Å². The number of hydrogen-bond donors (Lipinski definition) is 1. The molecule has 1 aromatic rings. The van der Waals surface area contributed by atoms with Crippen LogP contribution in [-0.4, -0.2) is 22.4 Å². The Morgan fingerprint density at radius 3 is 1.93 bits per heavy atom. The molecule has 0 atom stereocenters. The van der Waals surface area contributed by atoms with Gasteiger partial charge in [0.25, 0.3) is 0 Å². The van der Waals surface area contributed by atoms with Crippen LogP contribution < -0.4 is 5.32 Å². The highest BCUT2D eigenvalue weighted by molar-refractivity contribution is 5.72. The van der Waals surface area contributed by atoms with Crippen LogP contribution in [0.4, 0.5) is 0 Å². The first-order chi connectivity index (χ1) is 6.16. The van der Waals surface area contributed by atoms with Crippen LogP contribution in [0.2, 0.25) is 0 Å². The predicted molar refractivity (Wildman–Crippen MR) is 64.6 cm³/mol. The van der Waals surface area contributed by atoms with Crippen LogP contribution in [0.1, 0.15) is 34.5 Å². The van der Waals surface area contributed by atoms with Crippen molar-refractivity contribution in [2.45, 2.75) is 35.6 Å². The van der Waals surface area contributed by atoms with E-state index >= 15 is 0 Å². The summed E-state index contributed by atoms with van der Waals surface area (Å²) in [6.45, 7) is 5.99. The first kappa shape index (κ1) is 19.2. The zero-order valence-electron chi connectivity index (χ0n) is 8.24. The standard InChI is InChI=1S/C5H6N2.C4H9NO.2CH4/c1-5-6-3-2-4-7-5;1-3-5-4(2)6;;/h2-4H,1H3;3H2,1-2H3,(H,5,6);2*1H4. The van der Waals surface area contributed by atoms with Crippen LogP contribution in [0.15, 0.2) is 18.5 Å². The quantitative estimate of drug-likeness (QED) is 0.778. The zero-order chi connectivity index (χ0) is 10.1. The molecule has 0 aromatic carbocycles. The summed E-state index contributed by atoms with van der Waals surface area (Å²) in [4.78, 5) is 17.7. The lowest BCUT2D eigenvalue weighted by Crippen LogP contribution is -2.18. The number of aromatic nitrogens is 2. The molecule has 4 nitrogen and oxygen atoms in total. The SMILES string of the molecule is C.C.CCNC(C)=O.Cc1ncccn1. The van der Waals surface area contributed by atoms with Gasteiger partial charge in [0.2, 0.25) is 5.91 Å². The summed E-state index contributed by atoms with van der Waals surface area (Å²) < 4.78 is 0. The van der Waals surface area contributed by atoms with Crippen molar-refractivity contribution in [3.05, 3.63) is 24.3 Å². The van der Waals surface area contributed by atoms with Crippen molar-refractivity contribution in [1.82, 2.24) is 15.3 Å². The van der Waals surface area contributed by atoms with Gasteiger partial charge in [-0.25, -0.2) is 9.97 Å². The lowest BCUT2D eigenvalue weighted by Gasteiger charge is -1.88. The summed E-state index contributed by atoms with van der Waals surface area (Å²) in [6, 6.07) is 1.80. The smallest absolute Gasteiger partial charge is 0.216 e. The van der Waals surface area contributed by atoms with Crippen LogP contribution >= 0.6 is 0 Å². The van der Waals surface area contributed by atoms with Crippen LogP contribution in [0.3, 0.4) is 0 Å². The highest BCUT2D eigenvalue weighted by atomic mass is 16.1. The van der Waals surface area contributed by atoms with Gasteiger partial charge >= 0.3 is 0 Å². The normalized spacial score (nSPS) is 7.13. The Hall–Kier alpha value is -1.45. The number of hydrogen-bond acceptors (Lipinski definition) is 3. The zero-order valence-corrected chi connectivity index (χ0v) is 8.24. The fourth-order valence-electron chi connectivity index (χ4n) is 0.623. The van der Waals surface area contributed by atoms with Gasteiger partial charge in [-0.1, -0.05) is 14.9 Å². The minimum Gasteiger partial charge on any atom is -0.357 e. The third kappa shape index (κ3) is 15.3. The molecule has 1 N–H and O–H groups in total. The molecule has 0 saturated carbocycles. The minimum absolute atomic E-state index is 0. The van der Waals surface area contributed by atoms with E-state index in [9.17, 15) is 4.79 Å². The van der Waals surface area contributed by atoms with Crippen molar-refractivity contribution in [1.29, 1.82) is 0 Å². The summed E-state index contributed by atoms with van der Waals surface area (Å²) in [6.07, 6.45) is 3.45. The molecule has 88 valence electrons. The maximum absolute atomic E-state index is 9.93. The fourth-order valence-corrected chi connectivity index (χ4v) is 0.623. The molecule has 15 heavy (non-hydrogen) atoms.